The van der Waals surface area contributed by atoms with Crippen LogP contribution < -0.4 is 10.6 Å². The van der Waals surface area contributed by atoms with Gasteiger partial charge < -0.3 is 10.6 Å². The lowest BCUT2D eigenvalue weighted by atomic mass is 9.96. The zero-order chi connectivity index (χ0) is 21.6. The molecule has 0 radical (unpaired) electrons. The van der Waals surface area contributed by atoms with Crippen LogP contribution in [-0.2, 0) is 10.5 Å². The van der Waals surface area contributed by atoms with E-state index in [0.717, 1.165) is 27.7 Å². The predicted molar refractivity (Wildman–Crippen MR) is 125 cm³/mol. The van der Waals surface area contributed by atoms with E-state index < -0.39 is 6.04 Å². The predicted octanol–water partition coefficient (Wildman–Crippen LogP) is 5.67. The van der Waals surface area contributed by atoms with Crippen LogP contribution in [0.4, 0.5) is 10.1 Å². The molecule has 0 unspecified atom stereocenters. The number of halogens is 1. The molecule has 3 aromatic rings. The molecule has 4 nitrogen and oxygen atoms in total. The summed E-state index contributed by atoms with van der Waals surface area (Å²) >= 11 is 1.53. The molecule has 1 heterocycles. The number of carbonyl (C=O) groups excluding carboxylic acids is 1. The molecule has 3 aromatic carbocycles. The molecule has 0 aromatic heterocycles. The normalized spacial score (nSPS) is 15.8. The van der Waals surface area contributed by atoms with Gasteiger partial charge in [0.15, 0.2) is 5.17 Å². The average Bonchev–Trinajstić information content (AvgIpc) is 2.79. The molecule has 2 N–H and O–H groups in total. The van der Waals surface area contributed by atoms with E-state index in [1.807, 2.05) is 67.6 Å². The highest BCUT2D eigenvalue weighted by molar-refractivity contribution is 8.13. The van der Waals surface area contributed by atoms with E-state index in [-0.39, 0.29) is 11.7 Å². The number of benzene rings is 3. The molecule has 0 saturated carbocycles. The lowest BCUT2D eigenvalue weighted by Crippen LogP contribution is -2.32. The molecular weight excluding hydrogens is 409 g/mol. The van der Waals surface area contributed by atoms with Gasteiger partial charge in [-0.1, -0.05) is 72.4 Å². The Kier molecular flexibility index (Phi) is 6.48. The van der Waals surface area contributed by atoms with E-state index in [9.17, 15) is 9.18 Å². The van der Waals surface area contributed by atoms with E-state index in [2.05, 4.69) is 10.6 Å². The Balaban J connectivity index is 1.58. The fourth-order valence-corrected chi connectivity index (χ4v) is 4.24. The number of carbonyl (C=O) groups is 1. The monoisotopic (exact) mass is 431 g/mol. The first kappa shape index (κ1) is 20.9. The van der Waals surface area contributed by atoms with Crippen molar-refractivity contribution in [2.45, 2.75) is 18.7 Å². The number of hydrogen-bond donors (Lipinski definition) is 2. The van der Waals surface area contributed by atoms with Crippen molar-refractivity contribution >= 4 is 28.5 Å². The molecule has 4 rings (SSSR count). The SMILES string of the molecule is CC1=C(C(=O)Nc2ccccc2)[C@H](c2ccccc2)N=C(SCc2ccc(F)cc2)N1. The van der Waals surface area contributed by atoms with Crippen LogP contribution >= 0.6 is 11.8 Å². The number of hydrogen-bond acceptors (Lipinski definition) is 4. The minimum atomic E-state index is -0.415. The molecular formula is C25H22FN3OS. The van der Waals surface area contributed by atoms with Gasteiger partial charge in [-0.3, -0.25) is 4.79 Å². The van der Waals surface area contributed by atoms with Crippen molar-refractivity contribution in [2.75, 3.05) is 5.32 Å². The standard InChI is InChI=1S/C25H22FN3OS/c1-17-22(24(30)28-21-10-6-3-7-11-21)23(19-8-4-2-5-9-19)29-25(27-17)31-16-18-12-14-20(26)15-13-18/h2-15,23H,16H2,1H3,(H,27,29)(H,28,30)/t23-/m0/s1. The first-order chi connectivity index (χ1) is 15.1. The van der Waals surface area contributed by atoms with Gasteiger partial charge in [-0.05, 0) is 42.3 Å². The zero-order valence-electron chi connectivity index (χ0n) is 17.0. The summed E-state index contributed by atoms with van der Waals surface area (Å²) in [5.41, 5.74) is 4.03. The number of amidine groups is 1. The molecule has 0 fully saturated rings. The van der Waals surface area contributed by atoms with Crippen molar-refractivity contribution in [3.63, 3.8) is 0 Å². The fraction of sp³-hybridized carbons (Fsp3) is 0.120. The van der Waals surface area contributed by atoms with Crippen LogP contribution in [0.15, 0.2) is 101 Å². The van der Waals surface area contributed by atoms with E-state index in [0.29, 0.717) is 11.3 Å². The van der Waals surface area contributed by atoms with Crippen LogP contribution in [0.5, 0.6) is 0 Å². The van der Waals surface area contributed by atoms with Gasteiger partial charge in [-0.25, -0.2) is 9.38 Å². The van der Waals surface area contributed by atoms with Crippen LogP contribution in [0.25, 0.3) is 0 Å². The number of anilines is 1. The fourth-order valence-electron chi connectivity index (χ4n) is 3.34. The Labute approximate surface area is 185 Å². The third-order valence-corrected chi connectivity index (χ3v) is 5.86. The topological polar surface area (TPSA) is 53.5 Å². The van der Waals surface area contributed by atoms with E-state index in [1.54, 1.807) is 12.1 Å². The highest BCUT2D eigenvalue weighted by atomic mass is 32.2. The molecule has 31 heavy (non-hydrogen) atoms. The second-order valence-corrected chi connectivity index (χ2v) is 8.11. The third-order valence-electron chi connectivity index (χ3n) is 4.90. The molecule has 0 saturated heterocycles. The molecule has 6 heteroatoms. The van der Waals surface area contributed by atoms with Gasteiger partial charge in [0.05, 0.1) is 5.57 Å². The second kappa shape index (κ2) is 9.62. The van der Waals surface area contributed by atoms with Crippen molar-refractivity contribution in [1.82, 2.24) is 5.32 Å². The number of aliphatic imine (C=N–C) groups is 1. The van der Waals surface area contributed by atoms with E-state index in [4.69, 9.17) is 4.99 Å². The Morgan fingerprint density at radius 3 is 2.32 bits per heavy atom. The van der Waals surface area contributed by atoms with Gasteiger partial charge in [0.25, 0.3) is 5.91 Å². The number of thioether (sulfide) groups is 1. The lowest BCUT2D eigenvalue weighted by Gasteiger charge is -2.26. The molecule has 1 amide bonds. The van der Waals surface area contributed by atoms with Crippen LogP contribution in [0, 0.1) is 5.82 Å². The largest absolute Gasteiger partial charge is 0.338 e. The van der Waals surface area contributed by atoms with Crippen LogP contribution in [-0.4, -0.2) is 11.1 Å². The number of nitrogens with zero attached hydrogens (tertiary/aromatic N) is 1. The van der Waals surface area contributed by atoms with Crippen molar-refractivity contribution in [3.05, 3.63) is 113 Å². The maximum atomic E-state index is 13.2. The summed E-state index contributed by atoms with van der Waals surface area (Å²) in [6.07, 6.45) is 0. The molecule has 1 aliphatic heterocycles. The number of para-hydroxylation sites is 1. The van der Waals surface area contributed by atoms with Crippen LogP contribution in [0.1, 0.15) is 24.1 Å². The first-order valence-corrected chi connectivity index (χ1v) is 10.9. The molecule has 1 aliphatic rings. The van der Waals surface area contributed by atoms with Crippen molar-refractivity contribution in [1.29, 1.82) is 0 Å². The molecule has 0 aliphatic carbocycles. The van der Waals surface area contributed by atoms with Gasteiger partial charge in [0.2, 0.25) is 0 Å². The first-order valence-electron chi connectivity index (χ1n) is 9.94. The molecule has 156 valence electrons. The Bertz CT molecular complexity index is 1110. The lowest BCUT2D eigenvalue weighted by molar-refractivity contribution is -0.113. The van der Waals surface area contributed by atoms with Gasteiger partial charge in [0, 0.05) is 17.1 Å². The van der Waals surface area contributed by atoms with E-state index in [1.165, 1.54) is 23.9 Å². The average molecular weight is 432 g/mol. The number of amides is 1. The Hall–Kier alpha value is -3.38. The van der Waals surface area contributed by atoms with Gasteiger partial charge in [-0.15, -0.1) is 0 Å². The Morgan fingerprint density at radius 2 is 1.65 bits per heavy atom. The summed E-state index contributed by atoms with van der Waals surface area (Å²) in [7, 11) is 0. The summed E-state index contributed by atoms with van der Waals surface area (Å²) < 4.78 is 13.2. The highest BCUT2D eigenvalue weighted by Crippen LogP contribution is 2.33. The quantitative estimate of drug-likeness (QED) is 0.547. The van der Waals surface area contributed by atoms with Gasteiger partial charge >= 0.3 is 0 Å². The summed E-state index contributed by atoms with van der Waals surface area (Å²) in [5.74, 6) is 0.210. The zero-order valence-corrected chi connectivity index (χ0v) is 17.8. The highest BCUT2D eigenvalue weighted by Gasteiger charge is 2.29. The minimum Gasteiger partial charge on any atom is -0.338 e. The maximum absolute atomic E-state index is 13.2. The third kappa shape index (κ3) is 5.22. The van der Waals surface area contributed by atoms with Gasteiger partial charge in [0.1, 0.15) is 11.9 Å². The molecule has 1 atom stereocenters. The second-order valence-electron chi connectivity index (χ2n) is 7.15. The van der Waals surface area contributed by atoms with Gasteiger partial charge in [-0.2, -0.15) is 0 Å². The number of nitrogens with one attached hydrogen (secondary N) is 2. The van der Waals surface area contributed by atoms with Crippen LogP contribution in [0.3, 0.4) is 0 Å². The van der Waals surface area contributed by atoms with Crippen molar-refractivity contribution < 1.29 is 9.18 Å². The Morgan fingerprint density at radius 1 is 1.00 bits per heavy atom. The summed E-state index contributed by atoms with van der Waals surface area (Å²) in [6.45, 7) is 1.89. The van der Waals surface area contributed by atoms with Crippen molar-refractivity contribution in [3.8, 4) is 0 Å². The minimum absolute atomic E-state index is 0.184. The number of rotatable bonds is 5. The smallest absolute Gasteiger partial charge is 0.255 e. The summed E-state index contributed by atoms with van der Waals surface area (Å²) in [4.78, 5) is 18.0. The molecule has 0 spiro atoms. The van der Waals surface area contributed by atoms with Crippen molar-refractivity contribution in [2.24, 2.45) is 4.99 Å². The molecule has 0 bridgehead atoms. The van der Waals surface area contributed by atoms with Crippen LogP contribution in [0.2, 0.25) is 0 Å². The maximum Gasteiger partial charge on any atom is 0.255 e. The van der Waals surface area contributed by atoms with E-state index >= 15 is 0 Å². The summed E-state index contributed by atoms with van der Waals surface area (Å²) in [6, 6.07) is 25.2. The summed E-state index contributed by atoms with van der Waals surface area (Å²) in [5, 5.41) is 6.97. The number of allylic oxidation sites excluding steroid dienone is 1.